The van der Waals surface area contributed by atoms with Gasteiger partial charge in [-0.3, -0.25) is 9.78 Å². The van der Waals surface area contributed by atoms with Gasteiger partial charge in [0.2, 0.25) is 0 Å². The number of halogens is 1. The zero-order chi connectivity index (χ0) is 14.4. The standard InChI is InChI=1S/C11H10BrN3O2.C2H6/c1-2-13-11(17)8-9(16)7-6(10(12)15-8)4-3-5-14-7;1-2/h3-5,16H,2H2,1H3,(H,13,17);1-2H3. The van der Waals surface area contributed by atoms with E-state index in [9.17, 15) is 9.90 Å². The molecule has 5 nitrogen and oxygen atoms in total. The number of aromatic nitrogens is 2. The van der Waals surface area contributed by atoms with Gasteiger partial charge in [-0.05, 0) is 35.0 Å². The van der Waals surface area contributed by atoms with E-state index in [1.807, 2.05) is 13.8 Å². The number of pyridine rings is 2. The summed E-state index contributed by atoms with van der Waals surface area (Å²) in [6.45, 7) is 6.26. The molecule has 0 bridgehead atoms. The van der Waals surface area contributed by atoms with E-state index in [-0.39, 0.29) is 11.4 Å². The number of nitrogens with one attached hydrogen (secondary N) is 1. The number of amides is 1. The molecule has 102 valence electrons. The molecular formula is C13H16BrN3O2. The number of rotatable bonds is 2. The molecule has 2 aromatic rings. The van der Waals surface area contributed by atoms with Crippen molar-refractivity contribution in [3.05, 3.63) is 28.6 Å². The lowest BCUT2D eigenvalue weighted by Gasteiger charge is -2.07. The van der Waals surface area contributed by atoms with Crippen LogP contribution >= 0.6 is 15.9 Å². The first-order valence-corrected chi connectivity index (χ1v) is 6.85. The van der Waals surface area contributed by atoms with Gasteiger partial charge in [-0.2, -0.15) is 0 Å². The van der Waals surface area contributed by atoms with E-state index in [4.69, 9.17) is 0 Å². The number of carbonyl (C=O) groups is 1. The maximum absolute atomic E-state index is 11.7. The molecule has 0 saturated carbocycles. The van der Waals surface area contributed by atoms with Crippen molar-refractivity contribution in [3.8, 4) is 5.75 Å². The third kappa shape index (κ3) is 3.20. The van der Waals surface area contributed by atoms with Crippen LogP contribution in [0.4, 0.5) is 0 Å². The van der Waals surface area contributed by atoms with Crippen LogP contribution in [0.3, 0.4) is 0 Å². The van der Waals surface area contributed by atoms with Crippen LogP contribution < -0.4 is 5.32 Å². The minimum Gasteiger partial charge on any atom is -0.504 e. The molecule has 1 amide bonds. The SMILES string of the molecule is CC.CCNC(=O)c1nc(Br)c2cccnc2c1O. The predicted molar refractivity (Wildman–Crippen MR) is 78.3 cm³/mol. The molecule has 0 spiro atoms. The molecule has 0 aromatic carbocycles. The van der Waals surface area contributed by atoms with Crippen LogP contribution in [0.25, 0.3) is 10.9 Å². The molecule has 6 heteroatoms. The van der Waals surface area contributed by atoms with Crippen LogP contribution in [0, 0.1) is 0 Å². The maximum atomic E-state index is 11.7. The van der Waals surface area contributed by atoms with Gasteiger partial charge in [0.05, 0.1) is 0 Å². The fraction of sp³-hybridized carbons (Fsp3) is 0.308. The highest BCUT2D eigenvalue weighted by atomic mass is 79.9. The van der Waals surface area contributed by atoms with Gasteiger partial charge in [0.15, 0.2) is 11.4 Å². The zero-order valence-corrected chi connectivity index (χ0v) is 12.7. The van der Waals surface area contributed by atoms with Crippen molar-refractivity contribution in [2.45, 2.75) is 20.8 Å². The largest absolute Gasteiger partial charge is 0.504 e. The Labute approximate surface area is 120 Å². The van der Waals surface area contributed by atoms with Gasteiger partial charge in [0.1, 0.15) is 10.1 Å². The summed E-state index contributed by atoms with van der Waals surface area (Å²) in [6.07, 6.45) is 1.55. The fourth-order valence-electron chi connectivity index (χ4n) is 1.49. The molecule has 0 unspecified atom stereocenters. The van der Waals surface area contributed by atoms with Gasteiger partial charge < -0.3 is 10.4 Å². The van der Waals surface area contributed by atoms with E-state index in [1.165, 1.54) is 0 Å². The second-order valence-electron chi connectivity index (χ2n) is 3.36. The van der Waals surface area contributed by atoms with E-state index < -0.39 is 5.91 Å². The number of hydrogen-bond acceptors (Lipinski definition) is 4. The number of carbonyl (C=O) groups excluding carboxylic acids is 1. The minimum absolute atomic E-state index is 0.0232. The van der Waals surface area contributed by atoms with Crippen LogP contribution in [0.15, 0.2) is 22.9 Å². The Morgan fingerprint density at radius 2 is 2.16 bits per heavy atom. The smallest absolute Gasteiger partial charge is 0.273 e. The molecule has 2 rings (SSSR count). The van der Waals surface area contributed by atoms with Crippen molar-refractivity contribution in [2.75, 3.05) is 6.54 Å². The lowest BCUT2D eigenvalue weighted by atomic mass is 10.2. The molecule has 0 aliphatic heterocycles. The van der Waals surface area contributed by atoms with E-state index >= 15 is 0 Å². The number of nitrogens with zero attached hydrogens (tertiary/aromatic N) is 2. The van der Waals surface area contributed by atoms with Crippen LogP contribution in [-0.2, 0) is 0 Å². The fourth-order valence-corrected chi connectivity index (χ4v) is 1.98. The Kier molecular flexibility index (Phi) is 5.69. The number of fused-ring (bicyclic) bond motifs is 1. The molecule has 0 saturated heterocycles. The normalized spacial score (nSPS) is 9.68. The average molecular weight is 326 g/mol. The summed E-state index contributed by atoms with van der Waals surface area (Å²) >= 11 is 3.26. The van der Waals surface area contributed by atoms with Crippen molar-refractivity contribution in [3.63, 3.8) is 0 Å². The van der Waals surface area contributed by atoms with Gasteiger partial charge in [-0.25, -0.2) is 4.98 Å². The van der Waals surface area contributed by atoms with Crippen molar-refractivity contribution >= 4 is 32.7 Å². The summed E-state index contributed by atoms with van der Waals surface area (Å²) in [6, 6.07) is 3.50. The Morgan fingerprint density at radius 3 is 2.79 bits per heavy atom. The van der Waals surface area contributed by atoms with Crippen molar-refractivity contribution < 1.29 is 9.90 Å². The van der Waals surface area contributed by atoms with Crippen molar-refractivity contribution in [2.24, 2.45) is 0 Å². The number of hydrogen-bond donors (Lipinski definition) is 2. The molecule has 0 atom stereocenters. The lowest BCUT2D eigenvalue weighted by Crippen LogP contribution is -2.24. The molecule has 0 aliphatic carbocycles. The van der Waals surface area contributed by atoms with Crippen LogP contribution in [0.1, 0.15) is 31.3 Å². The highest BCUT2D eigenvalue weighted by Crippen LogP contribution is 2.30. The highest BCUT2D eigenvalue weighted by molar-refractivity contribution is 9.10. The minimum atomic E-state index is -0.418. The molecule has 0 fully saturated rings. The Hall–Kier alpha value is -1.69. The second-order valence-corrected chi connectivity index (χ2v) is 4.11. The Bertz CT molecular complexity index is 587. The third-order valence-electron chi connectivity index (χ3n) is 2.24. The van der Waals surface area contributed by atoms with Crippen LogP contribution in [-0.4, -0.2) is 27.5 Å². The second kappa shape index (κ2) is 7.04. The van der Waals surface area contributed by atoms with E-state index in [0.717, 1.165) is 0 Å². The molecule has 0 aliphatic rings. The molecule has 2 N–H and O–H groups in total. The predicted octanol–water partition coefficient (Wildman–Crippen LogP) is 2.87. The maximum Gasteiger partial charge on any atom is 0.273 e. The summed E-state index contributed by atoms with van der Waals surface area (Å²) in [4.78, 5) is 19.8. The van der Waals surface area contributed by atoms with Crippen molar-refractivity contribution in [1.82, 2.24) is 15.3 Å². The number of aromatic hydroxyl groups is 1. The van der Waals surface area contributed by atoms with Gasteiger partial charge in [-0.15, -0.1) is 0 Å². The van der Waals surface area contributed by atoms with Crippen LogP contribution in [0.2, 0.25) is 0 Å². The van der Waals surface area contributed by atoms with Gasteiger partial charge in [0.25, 0.3) is 5.91 Å². The van der Waals surface area contributed by atoms with Crippen molar-refractivity contribution in [1.29, 1.82) is 0 Å². The first-order chi connectivity index (χ1) is 9.15. The summed E-state index contributed by atoms with van der Waals surface area (Å²) in [7, 11) is 0. The van der Waals surface area contributed by atoms with Crippen LogP contribution in [0.5, 0.6) is 5.75 Å². The van der Waals surface area contributed by atoms with E-state index in [0.29, 0.717) is 22.1 Å². The molecular weight excluding hydrogens is 310 g/mol. The van der Waals surface area contributed by atoms with Gasteiger partial charge in [-0.1, -0.05) is 13.8 Å². The van der Waals surface area contributed by atoms with Gasteiger partial charge in [0, 0.05) is 18.1 Å². The molecule has 19 heavy (non-hydrogen) atoms. The summed E-state index contributed by atoms with van der Waals surface area (Å²) in [5, 5.41) is 13.2. The quantitative estimate of drug-likeness (QED) is 0.832. The topological polar surface area (TPSA) is 75.1 Å². The Balaban J connectivity index is 0.000000861. The average Bonchev–Trinajstić information content (AvgIpc) is 2.45. The summed E-state index contributed by atoms with van der Waals surface area (Å²) in [5.41, 5.74) is 0.334. The zero-order valence-electron chi connectivity index (χ0n) is 11.1. The lowest BCUT2D eigenvalue weighted by molar-refractivity contribution is 0.0948. The van der Waals surface area contributed by atoms with Gasteiger partial charge >= 0.3 is 0 Å². The highest BCUT2D eigenvalue weighted by Gasteiger charge is 2.18. The molecule has 2 aromatic heterocycles. The Morgan fingerprint density at radius 1 is 1.47 bits per heavy atom. The first kappa shape index (κ1) is 15.4. The summed E-state index contributed by atoms with van der Waals surface area (Å²) in [5.74, 6) is -0.618. The van der Waals surface area contributed by atoms with E-state index in [2.05, 4.69) is 31.2 Å². The first-order valence-electron chi connectivity index (χ1n) is 6.06. The monoisotopic (exact) mass is 325 g/mol. The molecule has 2 heterocycles. The van der Waals surface area contributed by atoms with E-state index in [1.54, 1.807) is 25.3 Å². The summed E-state index contributed by atoms with van der Waals surface area (Å²) < 4.78 is 0.486. The third-order valence-corrected chi connectivity index (χ3v) is 2.85. The molecule has 0 radical (unpaired) electrons.